The number of benzene rings is 1. The molecule has 4 heterocycles. The van der Waals surface area contributed by atoms with Crippen molar-refractivity contribution in [3.05, 3.63) is 82.9 Å². The molecule has 5 rings (SSSR count). The monoisotopic (exact) mass is 435 g/mol. The Morgan fingerprint density at radius 2 is 1.94 bits per heavy atom. The molecule has 0 aliphatic carbocycles. The predicted octanol–water partition coefficient (Wildman–Crippen LogP) is 2.75. The molecule has 0 bridgehead atoms. The lowest BCUT2D eigenvalue weighted by Gasteiger charge is -2.12. The van der Waals surface area contributed by atoms with Crippen LogP contribution in [-0.4, -0.2) is 29.1 Å². The minimum Gasteiger partial charge on any atom is -0.368 e. The first-order valence-electron chi connectivity index (χ1n) is 9.95. The van der Waals surface area contributed by atoms with Crippen molar-refractivity contribution in [2.24, 2.45) is 7.05 Å². The third kappa shape index (κ3) is 3.64. The molecule has 1 aromatic carbocycles. The number of hydrogen-bond acceptors (Lipinski definition) is 8. The largest absolute Gasteiger partial charge is 0.368 e. The van der Waals surface area contributed by atoms with Crippen LogP contribution < -0.4 is 16.6 Å². The van der Waals surface area contributed by atoms with Gasteiger partial charge in [0.25, 0.3) is 0 Å². The van der Waals surface area contributed by atoms with Crippen LogP contribution >= 0.6 is 0 Å². The number of aromatic nitrogens is 6. The van der Waals surface area contributed by atoms with Crippen molar-refractivity contribution in [1.29, 1.82) is 5.26 Å². The number of anilines is 3. The molecule has 0 spiro atoms. The average molecular weight is 435 g/mol. The van der Waals surface area contributed by atoms with E-state index in [2.05, 4.69) is 31.4 Å². The van der Waals surface area contributed by atoms with Gasteiger partial charge in [-0.05, 0) is 30.3 Å². The maximum Gasteiger partial charge on any atom is 0.250 e. The number of hydrogen-bond donors (Lipinski definition) is 2. The third-order valence-electron chi connectivity index (χ3n) is 5.06. The summed E-state index contributed by atoms with van der Waals surface area (Å²) in [5.41, 5.74) is 9.57. The molecule has 160 valence electrons. The maximum absolute atomic E-state index is 12.0. The highest BCUT2D eigenvalue weighted by Gasteiger charge is 2.21. The second kappa shape index (κ2) is 7.90. The van der Waals surface area contributed by atoms with Crippen molar-refractivity contribution < 1.29 is 0 Å². The summed E-state index contributed by atoms with van der Waals surface area (Å²) in [7, 11) is 1.67. The molecule has 4 aromatic heterocycles. The fraction of sp³-hybridized carbons (Fsp3) is 0.0435. The number of nitrogens with zero attached hydrogens (tertiary/aromatic N) is 7. The molecule has 5 aromatic rings. The normalized spacial score (nSPS) is 10.8. The van der Waals surface area contributed by atoms with Crippen LogP contribution in [0.4, 0.5) is 17.7 Å². The Balaban J connectivity index is 1.79. The summed E-state index contributed by atoms with van der Waals surface area (Å²) in [6.07, 6.45) is 3.36. The van der Waals surface area contributed by atoms with Crippen molar-refractivity contribution in [3.8, 4) is 28.5 Å². The van der Waals surface area contributed by atoms with E-state index in [0.717, 1.165) is 0 Å². The number of rotatable bonds is 4. The molecule has 3 N–H and O–H groups in total. The number of pyridine rings is 2. The molecular formula is C23H17N9O. The van der Waals surface area contributed by atoms with Gasteiger partial charge >= 0.3 is 0 Å². The topological polar surface area (TPSA) is 140 Å². The van der Waals surface area contributed by atoms with Gasteiger partial charge in [0.2, 0.25) is 17.5 Å². The molecule has 33 heavy (non-hydrogen) atoms. The van der Waals surface area contributed by atoms with E-state index in [1.807, 2.05) is 18.2 Å². The zero-order valence-corrected chi connectivity index (χ0v) is 17.5. The zero-order chi connectivity index (χ0) is 22.9. The van der Waals surface area contributed by atoms with E-state index < -0.39 is 0 Å². The summed E-state index contributed by atoms with van der Waals surface area (Å²) in [5, 5.41) is 16.9. The summed E-state index contributed by atoms with van der Waals surface area (Å²) in [5.74, 6) is 0.985. The molecular weight excluding hydrogens is 418 g/mol. The van der Waals surface area contributed by atoms with Gasteiger partial charge in [0.15, 0.2) is 5.65 Å². The lowest BCUT2D eigenvalue weighted by Crippen LogP contribution is -2.14. The van der Waals surface area contributed by atoms with Crippen LogP contribution in [0.2, 0.25) is 0 Å². The molecule has 0 aliphatic rings. The molecule has 0 fully saturated rings. The first-order valence-corrected chi connectivity index (χ1v) is 9.95. The molecule has 0 radical (unpaired) electrons. The highest BCUT2D eigenvalue weighted by molar-refractivity contribution is 5.91. The van der Waals surface area contributed by atoms with Gasteiger partial charge < -0.3 is 15.6 Å². The van der Waals surface area contributed by atoms with Crippen LogP contribution in [-0.2, 0) is 7.05 Å². The van der Waals surface area contributed by atoms with Crippen LogP contribution in [0.1, 0.15) is 5.56 Å². The van der Waals surface area contributed by atoms with Crippen molar-refractivity contribution in [2.45, 2.75) is 0 Å². The van der Waals surface area contributed by atoms with Crippen LogP contribution in [0.25, 0.3) is 28.0 Å². The number of fused-ring (bicyclic) bond motifs is 1. The van der Waals surface area contributed by atoms with Gasteiger partial charge in [0, 0.05) is 36.6 Å². The number of nitrogens with one attached hydrogen (secondary N) is 1. The van der Waals surface area contributed by atoms with Gasteiger partial charge in [0.1, 0.15) is 5.82 Å². The second-order valence-corrected chi connectivity index (χ2v) is 7.26. The quantitative estimate of drug-likeness (QED) is 0.439. The number of aryl methyl sites for hydroxylation is 1. The van der Waals surface area contributed by atoms with Crippen molar-refractivity contribution in [1.82, 2.24) is 29.1 Å². The molecule has 0 atom stereocenters. The Morgan fingerprint density at radius 1 is 1.06 bits per heavy atom. The average Bonchev–Trinajstić information content (AvgIpc) is 3.25. The Labute approximate surface area is 187 Å². The minimum absolute atomic E-state index is 0.123. The lowest BCUT2D eigenvalue weighted by molar-refractivity contribution is 0.862. The maximum atomic E-state index is 12.0. The standard InChI is InChI=1S/C23H17N9O/c1-31-13-16(8-9-18(31)33)19-20(15-6-4-5-14(11-15)12-24)28-22(25)32-21(19)29-23(30-32)27-17-7-2-3-10-26-17/h2-11,13H,1H3,(H2,25,28)(H,26,27,30). The predicted molar refractivity (Wildman–Crippen MR) is 124 cm³/mol. The van der Waals surface area contributed by atoms with E-state index in [1.54, 1.807) is 49.8 Å². The lowest BCUT2D eigenvalue weighted by atomic mass is 10.00. The van der Waals surface area contributed by atoms with Gasteiger partial charge in [-0.15, -0.1) is 5.10 Å². The molecule has 0 amide bonds. The van der Waals surface area contributed by atoms with Crippen LogP contribution in [0.5, 0.6) is 0 Å². The van der Waals surface area contributed by atoms with E-state index in [0.29, 0.717) is 39.4 Å². The number of nitrogens with two attached hydrogens (primary N) is 1. The zero-order valence-electron chi connectivity index (χ0n) is 17.5. The minimum atomic E-state index is -0.148. The molecule has 10 heteroatoms. The summed E-state index contributed by atoms with van der Waals surface area (Å²) in [6.45, 7) is 0. The number of nitrogen functional groups attached to an aromatic ring is 1. The van der Waals surface area contributed by atoms with E-state index in [9.17, 15) is 10.1 Å². The van der Waals surface area contributed by atoms with Crippen molar-refractivity contribution >= 4 is 23.4 Å². The first-order chi connectivity index (χ1) is 16.0. The van der Waals surface area contributed by atoms with Crippen LogP contribution in [0, 0.1) is 11.3 Å². The SMILES string of the molecule is Cn1cc(-c2c(-c3cccc(C#N)c3)nc(N)n3nc(Nc4ccccn4)nc23)ccc1=O. The second-order valence-electron chi connectivity index (χ2n) is 7.26. The van der Waals surface area contributed by atoms with Gasteiger partial charge in [-0.2, -0.15) is 14.8 Å². The molecule has 10 nitrogen and oxygen atoms in total. The number of nitriles is 1. The fourth-order valence-corrected chi connectivity index (χ4v) is 3.51. The van der Waals surface area contributed by atoms with Crippen molar-refractivity contribution in [2.75, 3.05) is 11.1 Å². The Hall–Kier alpha value is -5.04. The molecule has 0 unspecified atom stereocenters. The van der Waals surface area contributed by atoms with Crippen LogP contribution in [0.15, 0.2) is 71.8 Å². The molecule has 0 aliphatic heterocycles. The summed E-state index contributed by atoms with van der Waals surface area (Å²) in [4.78, 5) is 25.5. The van der Waals surface area contributed by atoms with Gasteiger partial charge in [0.05, 0.1) is 22.9 Å². The van der Waals surface area contributed by atoms with Gasteiger partial charge in [-0.3, -0.25) is 4.79 Å². The summed E-state index contributed by atoms with van der Waals surface area (Å²) >= 11 is 0. The van der Waals surface area contributed by atoms with Gasteiger partial charge in [-0.1, -0.05) is 18.2 Å². The highest BCUT2D eigenvalue weighted by Crippen LogP contribution is 2.35. The Kier molecular flexibility index (Phi) is 4.76. The van der Waals surface area contributed by atoms with Crippen LogP contribution in [0.3, 0.4) is 0 Å². The van der Waals surface area contributed by atoms with E-state index in [-0.39, 0.29) is 17.5 Å². The van der Waals surface area contributed by atoms with E-state index in [4.69, 9.17) is 5.73 Å². The Bertz CT molecular complexity index is 1600. The molecule has 0 saturated heterocycles. The Morgan fingerprint density at radius 3 is 2.70 bits per heavy atom. The fourth-order valence-electron chi connectivity index (χ4n) is 3.51. The first kappa shape index (κ1) is 19.9. The van der Waals surface area contributed by atoms with E-state index >= 15 is 0 Å². The van der Waals surface area contributed by atoms with E-state index in [1.165, 1.54) is 15.1 Å². The summed E-state index contributed by atoms with van der Waals surface area (Å²) < 4.78 is 2.91. The highest BCUT2D eigenvalue weighted by atomic mass is 16.1. The third-order valence-corrected chi connectivity index (χ3v) is 5.06. The summed E-state index contributed by atoms with van der Waals surface area (Å²) in [6, 6.07) is 17.8. The molecule has 0 saturated carbocycles. The van der Waals surface area contributed by atoms with Gasteiger partial charge in [-0.25, -0.2) is 9.97 Å². The smallest absolute Gasteiger partial charge is 0.250 e. The van der Waals surface area contributed by atoms with Crippen molar-refractivity contribution in [3.63, 3.8) is 0 Å².